The van der Waals surface area contributed by atoms with Crippen LogP contribution in [0.2, 0.25) is 0 Å². The summed E-state index contributed by atoms with van der Waals surface area (Å²) < 4.78 is 0. The molecular formula is C16H33IN4O. The summed E-state index contributed by atoms with van der Waals surface area (Å²) in [5, 5.41) is 9.25. The molecule has 1 aliphatic rings. The number of halogens is 1. The molecule has 0 spiro atoms. The molecule has 0 heterocycles. The normalized spacial score (nSPS) is 15.8. The van der Waals surface area contributed by atoms with Crippen LogP contribution in [0.15, 0.2) is 4.99 Å². The van der Waals surface area contributed by atoms with Gasteiger partial charge in [-0.2, -0.15) is 0 Å². The molecule has 0 aromatic heterocycles. The Labute approximate surface area is 152 Å². The molecule has 6 heteroatoms. The molecule has 1 saturated carbocycles. The predicted molar refractivity (Wildman–Crippen MR) is 104 cm³/mol. The third-order valence-electron chi connectivity index (χ3n) is 3.91. The number of carbonyl (C=O) groups is 1. The van der Waals surface area contributed by atoms with Crippen molar-refractivity contribution in [1.29, 1.82) is 0 Å². The molecule has 1 aliphatic carbocycles. The second kappa shape index (κ2) is 14.1. The van der Waals surface area contributed by atoms with Gasteiger partial charge in [-0.1, -0.05) is 32.1 Å². The van der Waals surface area contributed by atoms with Gasteiger partial charge in [0.05, 0.1) is 0 Å². The standard InChI is InChI=1S/C16H32N4O.HI/c1-3-17-15(21)13-20-16(18-4-2)19-12-8-11-14-9-6-5-7-10-14;/h14H,3-13H2,1-2H3,(H,17,21)(H2,18,19,20);1H. The lowest BCUT2D eigenvalue weighted by molar-refractivity contribution is -0.119. The topological polar surface area (TPSA) is 65.5 Å². The van der Waals surface area contributed by atoms with Crippen LogP contribution in [0.1, 0.15) is 58.8 Å². The van der Waals surface area contributed by atoms with Crippen LogP contribution >= 0.6 is 24.0 Å². The van der Waals surface area contributed by atoms with Gasteiger partial charge in [0.1, 0.15) is 6.54 Å². The number of nitrogens with zero attached hydrogens (tertiary/aromatic N) is 1. The average Bonchev–Trinajstić information content (AvgIpc) is 2.50. The van der Waals surface area contributed by atoms with Crippen LogP contribution in [-0.4, -0.2) is 38.0 Å². The van der Waals surface area contributed by atoms with E-state index in [9.17, 15) is 4.79 Å². The highest BCUT2D eigenvalue weighted by atomic mass is 127. The Morgan fingerprint density at radius 3 is 2.36 bits per heavy atom. The first-order valence-corrected chi connectivity index (χ1v) is 8.55. The second-order valence-corrected chi connectivity index (χ2v) is 5.72. The quantitative estimate of drug-likeness (QED) is 0.243. The second-order valence-electron chi connectivity index (χ2n) is 5.72. The van der Waals surface area contributed by atoms with Crippen molar-refractivity contribution in [2.75, 3.05) is 26.2 Å². The predicted octanol–water partition coefficient (Wildman–Crippen LogP) is 2.66. The fourth-order valence-corrected chi connectivity index (χ4v) is 2.82. The van der Waals surface area contributed by atoms with Gasteiger partial charge >= 0.3 is 0 Å². The molecule has 0 aromatic carbocycles. The van der Waals surface area contributed by atoms with E-state index in [4.69, 9.17) is 0 Å². The maximum atomic E-state index is 11.4. The van der Waals surface area contributed by atoms with Gasteiger partial charge in [0, 0.05) is 19.6 Å². The van der Waals surface area contributed by atoms with Gasteiger partial charge in [-0.15, -0.1) is 24.0 Å². The maximum Gasteiger partial charge on any atom is 0.241 e. The fraction of sp³-hybridized carbons (Fsp3) is 0.875. The number of likely N-dealkylation sites (N-methyl/N-ethyl adjacent to an activating group) is 1. The molecule has 0 saturated heterocycles. The van der Waals surface area contributed by atoms with Crippen molar-refractivity contribution in [3.63, 3.8) is 0 Å². The molecule has 130 valence electrons. The molecule has 0 radical (unpaired) electrons. The fourth-order valence-electron chi connectivity index (χ4n) is 2.82. The van der Waals surface area contributed by atoms with Crippen LogP contribution in [-0.2, 0) is 4.79 Å². The molecule has 3 N–H and O–H groups in total. The van der Waals surface area contributed by atoms with E-state index in [0.717, 1.165) is 25.0 Å². The summed E-state index contributed by atoms with van der Waals surface area (Å²) in [4.78, 5) is 15.7. The van der Waals surface area contributed by atoms with Gasteiger partial charge in [-0.25, -0.2) is 4.99 Å². The molecule has 0 aliphatic heterocycles. The number of nitrogens with one attached hydrogen (secondary N) is 3. The van der Waals surface area contributed by atoms with Crippen LogP contribution in [0.25, 0.3) is 0 Å². The Balaban J connectivity index is 0.00000441. The summed E-state index contributed by atoms with van der Waals surface area (Å²) in [6.45, 7) is 6.52. The number of carbonyl (C=O) groups excluding carboxylic acids is 1. The SMILES string of the molecule is CCNC(=O)CN=C(NCC)NCCCC1CCCCC1.I. The van der Waals surface area contributed by atoms with Crippen LogP contribution in [0, 0.1) is 5.92 Å². The molecule has 1 fully saturated rings. The van der Waals surface area contributed by atoms with E-state index in [1.165, 1.54) is 44.9 Å². The van der Waals surface area contributed by atoms with Crippen molar-refractivity contribution in [2.45, 2.75) is 58.8 Å². The highest BCUT2D eigenvalue weighted by molar-refractivity contribution is 14.0. The van der Waals surface area contributed by atoms with Gasteiger partial charge in [0.2, 0.25) is 5.91 Å². The molecule has 0 atom stereocenters. The minimum atomic E-state index is -0.0306. The summed E-state index contributed by atoms with van der Waals surface area (Å²) in [6, 6.07) is 0. The van der Waals surface area contributed by atoms with Gasteiger partial charge in [-0.3, -0.25) is 4.79 Å². The lowest BCUT2D eigenvalue weighted by atomic mass is 9.86. The Bertz CT molecular complexity index is 317. The lowest BCUT2D eigenvalue weighted by Crippen LogP contribution is -2.39. The monoisotopic (exact) mass is 424 g/mol. The highest BCUT2D eigenvalue weighted by Crippen LogP contribution is 2.26. The Morgan fingerprint density at radius 2 is 1.73 bits per heavy atom. The molecule has 0 unspecified atom stereocenters. The lowest BCUT2D eigenvalue weighted by Gasteiger charge is -2.21. The van der Waals surface area contributed by atoms with E-state index in [0.29, 0.717) is 6.54 Å². The van der Waals surface area contributed by atoms with Crippen molar-refractivity contribution < 1.29 is 4.79 Å². The van der Waals surface area contributed by atoms with Crippen molar-refractivity contribution in [3.05, 3.63) is 0 Å². The van der Waals surface area contributed by atoms with Gasteiger partial charge < -0.3 is 16.0 Å². The molecule has 5 nitrogen and oxygen atoms in total. The van der Waals surface area contributed by atoms with Crippen LogP contribution in [0.3, 0.4) is 0 Å². The maximum absolute atomic E-state index is 11.4. The summed E-state index contributed by atoms with van der Waals surface area (Å²) in [5.41, 5.74) is 0. The van der Waals surface area contributed by atoms with E-state index in [-0.39, 0.29) is 36.4 Å². The van der Waals surface area contributed by atoms with Crippen molar-refractivity contribution in [3.8, 4) is 0 Å². The largest absolute Gasteiger partial charge is 0.357 e. The zero-order valence-corrected chi connectivity index (χ0v) is 16.4. The van der Waals surface area contributed by atoms with Gasteiger partial charge in [0.15, 0.2) is 5.96 Å². The van der Waals surface area contributed by atoms with E-state index < -0.39 is 0 Å². The van der Waals surface area contributed by atoms with Crippen molar-refractivity contribution >= 4 is 35.8 Å². The number of amides is 1. The number of hydrogen-bond acceptors (Lipinski definition) is 2. The summed E-state index contributed by atoms with van der Waals surface area (Å²) >= 11 is 0. The van der Waals surface area contributed by atoms with Crippen LogP contribution in [0.4, 0.5) is 0 Å². The summed E-state index contributed by atoms with van der Waals surface area (Å²) in [5.74, 6) is 1.64. The molecule has 1 amide bonds. The number of hydrogen-bond donors (Lipinski definition) is 3. The van der Waals surface area contributed by atoms with E-state index in [2.05, 4.69) is 20.9 Å². The minimum absolute atomic E-state index is 0. The molecule has 0 bridgehead atoms. The Hall–Kier alpha value is -0.530. The van der Waals surface area contributed by atoms with Gasteiger partial charge in [0.25, 0.3) is 0 Å². The first-order chi connectivity index (χ1) is 10.3. The number of guanidine groups is 1. The average molecular weight is 424 g/mol. The zero-order chi connectivity index (χ0) is 15.3. The van der Waals surface area contributed by atoms with Crippen LogP contribution in [0.5, 0.6) is 0 Å². The minimum Gasteiger partial charge on any atom is -0.357 e. The summed E-state index contributed by atoms with van der Waals surface area (Å²) in [7, 11) is 0. The Morgan fingerprint density at radius 1 is 1.05 bits per heavy atom. The highest BCUT2D eigenvalue weighted by Gasteiger charge is 2.12. The van der Waals surface area contributed by atoms with E-state index >= 15 is 0 Å². The van der Waals surface area contributed by atoms with E-state index in [1.807, 2.05) is 13.8 Å². The smallest absolute Gasteiger partial charge is 0.241 e. The van der Waals surface area contributed by atoms with Gasteiger partial charge in [-0.05, 0) is 32.6 Å². The first kappa shape index (κ1) is 21.5. The number of aliphatic imine (C=N–C) groups is 1. The van der Waals surface area contributed by atoms with E-state index in [1.54, 1.807) is 0 Å². The van der Waals surface area contributed by atoms with Crippen molar-refractivity contribution in [2.24, 2.45) is 10.9 Å². The zero-order valence-electron chi connectivity index (χ0n) is 14.1. The molecule has 22 heavy (non-hydrogen) atoms. The molecular weight excluding hydrogens is 391 g/mol. The van der Waals surface area contributed by atoms with Crippen molar-refractivity contribution in [1.82, 2.24) is 16.0 Å². The third-order valence-corrected chi connectivity index (χ3v) is 3.91. The number of rotatable bonds is 8. The first-order valence-electron chi connectivity index (χ1n) is 8.55. The summed E-state index contributed by atoms with van der Waals surface area (Å²) in [6.07, 6.45) is 9.55. The Kier molecular flexibility index (Phi) is 13.7. The molecule has 0 aromatic rings. The molecule has 1 rings (SSSR count). The van der Waals surface area contributed by atoms with Crippen LogP contribution < -0.4 is 16.0 Å². The third kappa shape index (κ3) is 10.2.